The average Bonchev–Trinajstić information content (AvgIpc) is 2.85. The Kier molecular flexibility index (Phi) is 5.19. The number of amides is 2. The molecule has 2 amide bonds. The number of nitrogens with one attached hydrogen (secondary N) is 1. The maximum Gasteiger partial charge on any atom is 0.323 e. The molecule has 0 fully saturated rings. The van der Waals surface area contributed by atoms with Gasteiger partial charge in [0.15, 0.2) is 5.82 Å². The Bertz CT molecular complexity index is 858. The molecule has 6 nitrogen and oxygen atoms in total. The summed E-state index contributed by atoms with van der Waals surface area (Å²) in [6, 6.07) is 10.4. The molecule has 25 heavy (non-hydrogen) atoms. The van der Waals surface area contributed by atoms with Crippen molar-refractivity contribution in [2.24, 2.45) is 7.05 Å². The molecule has 1 aliphatic rings. The predicted molar refractivity (Wildman–Crippen MR) is 98.7 cm³/mol. The van der Waals surface area contributed by atoms with Crippen molar-refractivity contribution in [2.75, 3.05) is 18.4 Å². The maximum atomic E-state index is 12.4. The van der Waals surface area contributed by atoms with Crippen LogP contribution < -0.4 is 10.9 Å². The number of allylic oxidation sites excluding steroid dienone is 1. The van der Waals surface area contributed by atoms with Gasteiger partial charge in [-0.2, -0.15) is 5.10 Å². The Balaban J connectivity index is 1.68. The number of nitrogens with zero attached hydrogens (tertiary/aromatic N) is 3. The van der Waals surface area contributed by atoms with Gasteiger partial charge in [0.2, 0.25) is 0 Å². The van der Waals surface area contributed by atoms with Gasteiger partial charge in [0, 0.05) is 31.2 Å². The van der Waals surface area contributed by atoms with Crippen LogP contribution in [0.4, 0.5) is 10.6 Å². The third-order valence-electron chi connectivity index (χ3n) is 4.13. The minimum atomic E-state index is -0.222. The topological polar surface area (TPSA) is 67.2 Å². The molecular formula is C18H19ClN4O2. The Morgan fingerprint density at radius 1 is 1.20 bits per heavy atom. The fraction of sp³-hybridized carbons (Fsp3) is 0.278. The highest BCUT2D eigenvalue weighted by Gasteiger charge is 2.17. The molecule has 0 saturated heterocycles. The van der Waals surface area contributed by atoms with Crippen LogP contribution in [0.15, 0.2) is 47.3 Å². The molecule has 2 heterocycles. The zero-order chi connectivity index (χ0) is 17.8. The van der Waals surface area contributed by atoms with Crippen LogP contribution in [0.25, 0.3) is 5.57 Å². The Hall–Kier alpha value is -2.60. The second-order valence-corrected chi connectivity index (χ2v) is 6.33. The van der Waals surface area contributed by atoms with Crippen molar-refractivity contribution in [2.45, 2.75) is 12.8 Å². The summed E-state index contributed by atoms with van der Waals surface area (Å²) in [4.78, 5) is 25.5. The number of aromatic nitrogens is 2. The molecule has 130 valence electrons. The standard InChI is InChI=1S/C18H19ClN4O2/c1-22-17(24)9-8-16(21-22)20-18(25)23-11-2-3-13(10-12-23)14-4-6-15(19)7-5-14/h4-10H,2-3,11-12H2,1H3,(H,20,21,25). The van der Waals surface area contributed by atoms with E-state index in [1.807, 2.05) is 24.3 Å². The van der Waals surface area contributed by atoms with Crippen molar-refractivity contribution < 1.29 is 4.79 Å². The molecule has 3 rings (SSSR count). The summed E-state index contributed by atoms with van der Waals surface area (Å²) in [5, 5.41) is 7.47. The van der Waals surface area contributed by atoms with Gasteiger partial charge in [-0.3, -0.25) is 10.1 Å². The molecular weight excluding hydrogens is 340 g/mol. The average molecular weight is 359 g/mol. The highest BCUT2D eigenvalue weighted by molar-refractivity contribution is 6.30. The van der Waals surface area contributed by atoms with E-state index in [1.54, 1.807) is 11.9 Å². The fourth-order valence-electron chi connectivity index (χ4n) is 2.74. The summed E-state index contributed by atoms with van der Waals surface area (Å²) in [5.74, 6) is 0.359. The number of urea groups is 1. The first kappa shape index (κ1) is 17.2. The summed E-state index contributed by atoms with van der Waals surface area (Å²) in [6.45, 7) is 1.18. The van der Waals surface area contributed by atoms with Gasteiger partial charge in [0.05, 0.1) is 0 Å². The van der Waals surface area contributed by atoms with Crippen LogP contribution in [-0.2, 0) is 7.05 Å². The predicted octanol–water partition coefficient (Wildman–Crippen LogP) is 3.15. The number of carbonyl (C=O) groups excluding carboxylic acids is 1. The van der Waals surface area contributed by atoms with Crippen LogP contribution in [-0.4, -0.2) is 33.8 Å². The number of hydrogen-bond acceptors (Lipinski definition) is 3. The lowest BCUT2D eigenvalue weighted by Crippen LogP contribution is -2.36. The smallest absolute Gasteiger partial charge is 0.321 e. The van der Waals surface area contributed by atoms with E-state index in [-0.39, 0.29) is 11.6 Å². The molecule has 7 heteroatoms. The number of carbonyl (C=O) groups is 1. The van der Waals surface area contributed by atoms with Gasteiger partial charge in [0.1, 0.15) is 0 Å². The number of hydrogen-bond donors (Lipinski definition) is 1. The third kappa shape index (κ3) is 4.28. The van der Waals surface area contributed by atoms with E-state index in [0.717, 1.165) is 18.4 Å². The molecule has 0 spiro atoms. The van der Waals surface area contributed by atoms with Crippen LogP contribution in [0.1, 0.15) is 18.4 Å². The van der Waals surface area contributed by atoms with E-state index in [2.05, 4.69) is 16.5 Å². The molecule has 1 aliphatic heterocycles. The van der Waals surface area contributed by atoms with Crippen molar-refractivity contribution in [1.82, 2.24) is 14.7 Å². The van der Waals surface area contributed by atoms with Gasteiger partial charge >= 0.3 is 6.03 Å². The Morgan fingerprint density at radius 2 is 1.96 bits per heavy atom. The van der Waals surface area contributed by atoms with Gasteiger partial charge in [-0.25, -0.2) is 9.48 Å². The highest BCUT2D eigenvalue weighted by atomic mass is 35.5. The first-order valence-corrected chi connectivity index (χ1v) is 8.46. The van der Waals surface area contributed by atoms with E-state index in [1.165, 1.54) is 22.4 Å². The van der Waals surface area contributed by atoms with Gasteiger partial charge < -0.3 is 4.90 Å². The largest absolute Gasteiger partial charge is 0.323 e. The molecule has 0 unspecified atom stereocenters. The fourth-order valence-corrected chi connectivity index (χ4v) is 2.87. The third-order valence-corrected chi connectivity index (χ3v) is 4.38. The van der Waals surface area contributed by atoms with E-state index in [4.69, 9.17) is 11.6 Å². The second-order valence-electron chi connectivity index (χ2n) is 5.90. The van der Waals surface area contributed by atoms with Gasteiger partial charge in [-0.15, -0.1) is 0 Å². The number of aryl methyl sites for hydroxylation is 1. The first-order valence-electron chi connectivity index (χ1n) is 8.08. The molecule has 1 aromatic heterocycles. The Labute approximate surface area is 150 Å². The summed E-state index contributed by atoms with van der Waals surface area (Å²) < 4.78 is 1.19. The number of rotatable bonds is 2. The normalized spacial score (nSPS) is 14.6. The maximum absolute atomic E-state index is 12.4. The minimum Gasteiger partial charge on any atom is -0.321 e. The monoisotopic (exact) mass is 358 g/mol. The summed E-state index contributed by atoms with van der Waals surface area (Å²) in [6.07, 6.45) is 3.86. The Morgan fingerprint density at radius 3 is 2.68 bits per heavy atom. The van der Waals surface area contributed by atoms with E-state index in [0.29, 0.717) is 23.9 Å². The SMILES string of the molecule is Cn1nc(NC(=O)N2CC=C(c3ccc(Cl)cc3)CCC2)ccc1=O. The van der Waals surface area contributed by atoms with Gasteiger partial charge in [-0.1, -0.05) is 29.8 Å². The molecule has 2 aromatic rings. The number of halogens is 1. The lowest BCUT2D eigenvalue weighted by Gasteiger charge is -2.19. The summed E-state index contributed by atoms with van der Waals surface area (Å²) in [5.41, 5.74) is 2.13. The van der Waals surface area contributed by atoms with Crippen LogP contribution in [0.5, 0.6) is 0 Å². The molecule has 0 atom stereocenters. The lowest BCUT2D eigenvalue weighted by molar-refractivity contribution is 0.217. The molecule has 0 bridgehead atoms. The van der Waals surface area contributed by atoms with Crippen molar-refractivity contribution in [3.63, 3.8) is 0 Å². The lowest BCUT2D eigenvalue weighted by atomic mass is 10.0. The van der Waals surface area contributed by atoms with Crippen molar-refractivity contribution in [1.29, 1.82) is 0 Å². The van der Waals surface area contributed by atoms with Crippen LogP contribution in [0, 0.1) is 0 Å². The molecule has 1 N–H and O–H groups in total. The van der Waals surface area contributed by atoms with Crippen molar-refractivity contribution in [3.8, 4) is 0 Å². The quantitative estimate of drug-likeness (QED) is 0.896. The van der Waals surface area contributed by atoms with E-state index >= 15 is 0 Å². The second kappa shape index (κ2) is 7.53. The van der Waals surface area contributed by atoms with E-state index < -0.39 is 0 Å². The zero-order valence-corrected chi connectivity index (χ0v) is 14.7. The van der Waals surface area contributed by atoms with Crippen molar-refractivity contribution in [3.05, 3.63) is 63.4 Å². The number of anilines is 1. The first-order chi connectivity index (χ1) is 12.0. The van der Waals surface area contributed by atoms with Gasteiger partial charge in [-0.05, 0) is 42.2 Å². The molecule has 1 aromatic carbocycles. The summed E-state index contributed by atoms with van der Waals surface area (Å²) >= 11 is 5.94. The zero-order valence-electron chi connectivity index (χ0n) is 13.9. The van der Waals surface area contributed by atoms with Crippen LogP contribution in [0.2, 0.25) is 5.02 Å². The van der Waals surface area contributed by atoms with Crippen molar-refractivity contribution >= 4 is 29.0 Å². The molecule has 0 aliphatic carbocycles. The summed E-state index contributed by atoms with van der Waals surface area (Å²) in [7, 11) is 1.55. The van der Waals surface area contributed by atoms with Gasteiger partial charge in [0.25, 0.3) is 5.56 Å². The number of benzene rings is 1. The highest BCUT2D eigenvalue weighted by Crippen LogP contribution is 2.24. The van der Waals surface area contributed by atoms with E-state index in [9.17, 15) is 9.59 Å². The van der Waals surface area contributed by atoms with Crippen LogP contribution in [0.3, 0.4) is 0 Å². The minimum absolute atomic E-state index is 0.219. The molecule has 0 saturated carbocycles. The van der Waals surface area contributed by atoms with Crippen LogP contribution >= 0.6 is 11.6 Å². The molecule has 0 radical (unpaired) electrons.